The standard InChI is InChI=1S/C16H22Cl2N2/c17-13-6-4-7-14(15(13)18)20-11-5-10-19-16(12-20)8-2-1-3-9-16/h4,6-7,19H,1-3,5,8-12H2. The third-order valence-corrected chi connectivity index (χ3v) is 5.49. The molecular weight excluding hydrogens is 291 g/mol. The largest absolute Gasteiger partial charge is 0.368 e. The molecule has 1 aromatic rings. The first-order chi connectivity index (χ1) is 9.70. The summed E-state index contributed by atoms with van der Waals surface area (Å²) in [7, 11) is 0. The van der Waals surface area contributed by atoms with E-state index >= 15 is 0 Å². The van der Waals surface area contributed by atoms with Gasteiger partial charge in [-0.2, -0.15) is 0 Å². The van der Waals surface area contributed by atoms with Gasteiger partial charge in [0.15, 0.2) is 0 Å². The van der Waals surface area contributed by atoms with Gasteiger partial charge in [-0.1, -0.05) is 48.5 Å². The van der Waals surface area contributed by atoms with Crippen molar-refractivity contribution in [2.45, 2.75) is 44.1 Å². The minimum absolute atomic E-state index is 0.278. The van der Waals surface area contributed by atoms with Crippen molar-refractivity contribution in [1.82, 2.24) is 5.32 Å². The lowest BCUT2D eigenvalue weighted by atomic mass is 9.81. The van der Waals surface area contributed by atoms with Gasteiger partial charge in [-0.05, 0) is 37.9 Å². The molecule has 0 aromatic heterocycles. The van der Waals surface area contributed by atoms with Crippen molar-refractivity contribution in [2.24, 2.45) is 0 Å². The van der Waals surface area contributed by atoms with Gasteiger partial charge < -0.3 is 10.2 Å². The maximum Gasteiger partial charge on any atom is 0.0825 e. The molecule has 3 rings (SSSR count). The Labute approximate surface area is 131 Å². The Balaban J connectivity index is 1.86. The molecule has 0 amide bonds. The zero-order valence-corrected chi connectivity index (χ0v) is 13.3. The number of hydrogen-bond acceptors (Lipinski definition) is 2. The summed E-state index contributed by atoms with van der Waals surface area (Å²) < 4.78 is 0. The van der Waals surface area contributed by atoms with Crippen molar-refractivity contribution >= 4 is 28.9 Å². The molecule has 1 saturated carbocycles. The topological polar surface area (TPSA) is 15.3 Å². The van der Waals surface area contributed by atoms with Gasteiger partial charge in [-0.3, -0.25) is 0 Å². The van der Waals surface area contributed by atoms with Crippen LogP contribution in [-0.2, 0) is 0 Å². The van der Waals surface area contributed by atoms with Gasteiger partial charge in [-0.25, -0.2) is 0 Å². The number of rotatable bonds is 1. The molecule has 0 radical (unpaired) electrons. The normalized spacial score (nSPS) is 22.8. The Morgan fingerprint density at radius 2 is 1.85 bits per heavy atom. The van der Waals surface area contributed by atoms with Crippen molar-refractivity contribution in [2.75, 3.05) is 24.5 Å². The number of nitrogens with zero attached hydrogens (tertiary/aromatic N) is 1. The summed E-state index contributed by atoms with van der Waals surface area (Å²) in [5.41, 5.74) is 1.37. The first-order valence-corrected chi connectivity index (χ1v) is 8.40. The van der Waals surface area contributed by atoms with Crippen LogP contribution in [-0.4, -0.2) is 25.2 Å². The van der Waals surface area contributed by atoms with E-state index in [0.717, 1.165) is 31.7 Å². The molecule has 0 unspecified atom stereocenters. The molecule has 1 aromatic carbocycles. The summed E-state index contributed by atoms with van der Waals surface area (Å²) in [6.07, 6.45) is 7.77. The van der Waals surface area contributed by atoms with Crippen LogP contribution in [0.2, 0.25) is 10.0 Å². The van der Waals surface area contributed by atoms with E-state index in [1.54, 1.807) is 0 Å². The van der Waals surface area contributed by atoms with Crippen LogP contribution in [0.5, 0.6) is 0 Å². The minimum atomic E-state index is 0.278. The molecule has 1 heterocycles. The average Bonchev–Trinajstić information content (AvgIpc) is 2.66. The molecule has 0 bridgehead atoms. The van der Waals surface area contributed by atoms with Crippen LogP contribution in [0.25, 0.3) is 0 Å². The second-order valence-corrected chi connectivity index (χ2v) is 6.90. The second kappa shape index (κ2) is 6.13. The number of hydrogen-bond donors (Lipinski definition) is 1. The van der Waals surface area contributed by atoms with Crippen molar-refractivity contribution in [1.29, 1.82) is 0 Å². The van der Waals surface area contributed by atoms with Gasteiger partial charge in [0.05, 0.1) is 15.7 Å². The van der Waals surface area contributed by atoms with Crippen LogP contribution in [0, 0.1) is 0 Å². The molecule has 2 fully saturated rings. The fourth-order valence-electron chi connectivity index (χ4n) is 3.63. The summed E-state index contributed by atoms with van der Waals surface area (Å²) in [4.78, 5) is 2.43. The van der Waals surface area contributed by atoms with Crippen molar-refractivity contribution in [3.05, 3.63) is 28.2 Å². The van der Waals surface area contributed by atoms with E-state index in [4.69, 9.17) is 23.2 Å². The maximum atomic E-state index is 6.41. The Morgan fingerprint density at radius 3 is 2.65 bits per heavy atom. The number of benzene rings is 1. The second-order valence-electron chi connectivity index (χ2n) is 6.12. The monoisotopic (exact) mass is 312 g/mol. The molecule has 1 saturated heterocycles. The first kappa shape index (κ1) is 14.5. The summed E-state index contributed by atoms with van der Waals surface area (Å²) in [6, 6.07) is 5.95. The van der Waals surface area contributed by atoms with E-state index in [1.165, 1.54) is 32.1 Å². The highest BCUT2D eigenvalue weighted by molar-refractivity contribution is 6.43. The number of anilines is 1. The van der Waals surface area contributed by atoms with Crippen LogP contribution in [0.1, 0.15) is 38.5 Å². The SMILES string of the molecule is Clc1cccc(N2CCCNC3(CCCCC3)C2)c1Cl. The van der Waals surface area contributed by atoms with E-state index in [0.29, 0.717) is 10.0 Å². The molecule has 0 atom stereocenters. The summed E-state index contributed by atoms with van der Waals surface area (Å²) in [5.74, 6) is 0. The van der Waals surface area contributed by atoms with Crippen molar-refractivity contribution < 1.29 is 0 Å². The van der Waals surface area contributed by atoms with E-state index < -0.39 is 0 Å². The number of nitrogens with one attached hydrogen (secondary N) is 1. The van der Waals surface area contributed by atoms with Crippen LogP contribution in [0.4, 0.5) is 5.69 Å². The fourth-order valence-corrected chi connectivity index (χ4v) is 4.04. The van der Waals surface area contributed by atoms with E-state index in [1.807, 2.05) is 12.1 Å². The quantitative estimate of drug-likeness (QED) is 0.821. The molecule has 20 heavy (non-hydrogen) atoms. The zero-order valence-electron chi connectivity index (χ0n) is 11.8. The molecule has 2 nitrogen and oxygen atoms in total. The molecule has 1 aliphatic carbocycles. The Morgan fingerprint density at radius 1 is 1.05 bits per heavy atom. The highest BCUT2D eigenvalue weighted by Crippen LogP contribution is 2.36. The van der Waals surface area contributed by atoms with E-state index in [2.05, 4.69) is 16.3 Å². The minimum Gasteiger partial charge on any atom is -0.368 e. The van der Waals surface area contributed by atoms with Gasteiger partial charge in [0.25, 0.3) is 0 Å². The predicted octanol–water partition coefficient (Wildman–Crippen LogP) is 4.50. The van der Waals surface area contributed by atoms with Crippen LogP contribution < -0.4 is 10.2 Å². The van der Waals surface area contributed by atoms with Crippen molar-refractivity contribution in [3.8, 4) is 0 Å². The highest BCUT2D eigenvalue weighted by atomic mass is 35.5. The van der Waals surface area contributed by atoms with Crippen molar-refractivity contribution in [3.63, 3.8) is 0 Å². The lowest BCUT2D eigenvalue weighted by molar-refractivity contribution is 0.246. The summed E-state index contributed by atoms with van der Waals surface area (Å²) in [5, 5.41) is 5.16. The summed E-state index contributed by atoms with van der Waals surface area (Å²) >= 11 is 12.6. The lowest BCUT2D eigenvalue weighted by Crippen LogP contribution is -2.52. The third-order valence-electron chi connectivity index (χ3n) is 4.68. The van der Waals surface area contributed by atoms with Crippen LogP contribution >= 0.6 is 23.2 Å². The Bertz CT molecular complexity index is 470. The summed E-state index contributed by atoms with van der Waals surface area (Å²) in [6.45, 7) is 3.20. The molecular formula is C16H22Cl2N2. The zero-order chi connectivity index (χ0) is 14.0. The van der Waals surface area contributed by atoms with E-state index in [9.17, 15) is 0 Å². The predicted molar refractivity (Wildman–Crippen MR) is 87.1 cm³/mol. The third kappa shape index (κ3) is 2.93. The fraction of sp³-hybridized carbons (Fsp3) is 0.625. The van der Waals surface area contributed by atoms with Crippen LogP contribution in [0.3, 0.4) is 0 Å². The maximum absolute atomic E-state index is 6.41. The van der Waals surface area contributed by atoms with Gasteiger partial charge in [0.2, 0.25) is 0 Å². The number of halogens is 2. The average molecular weight is 313 g/mol. The van der Waals surface area contributed by atoms with Crippen LogP contribution in [0.15, 0.2) is 18.2 Å². The molecule has 2 aliphatic rings. The molecule has 110 valence electrons. The van der Waals surface area contributed by atoms with Gasteiger partial charge in [-0.15, -0.1) is 0 Å². The highest BCUT2D eigenvalue weighted by Gasteiger charge is 2.35. The smallest absolute Gasteiger partial charge is 0.0825 e. The van der Waals surface area contributed by atoms with Gasteiger partial charge >= 0.3 is 0 Å². The Kier molecular flexibility index (Phi) is 4.44. The molecule has 1 N–H and O–H groups in total. The molecule has 1 aliphatic heterocycles. The van der Waals surface area contributed by atoms with Gasteiger partial charge in [0.1, 0.15) is 0 Å². The van der Waals surface area contributed by atoms with Gasteiger partial charge in [0, 0.05) is 18.6 Å². The lowest BCUT2D eigenvalue weighted by Gasteiger charge is -2.40. The molecule has 1 spiro atoms. The van der Waals surface area contributed by atoms with E-state index in [-0.39, 0.29) is 5.54 Å². The Hall–Kier alpha value is -0.440. The molecule has 4 heteroatoms. The first-order valence-electron chi connectivity index (χ1n) is 7.64.